The number of rotatable bonds is 4. The molecule has 0 amide bonds. The van der Waals surface area contributed by atoms with Gasteiger partial charge in [-0.25, -0.2) is 0 Å². The Labute approximate surface area is 107 Å². The van der Waals surface area contributed by atoms with Crippen LogP contribution in [0.2, 0.25) is 5.02 Å². The molecule has 1 aliphatic rings. The van der Waals surface area contributed by atoms with Crippen LogP contribution in [0.4, 0.5) is 0 Å². The number of aromatic nitrogens is 2. The zero-order chi connectivity index (χ0) is 12.3. The lowest BCUT2D eigenvalue weighted by Crippen LogP contribution is -2.22. The van der Waals surface area contributed by atoms with Crippen LogP contribution in [0.3, 0.4) is 0 Å². The van der Waals surface area contributed by atoms with Gasteiger partial charge >= 0.3 is 0 Å². The highest BCUT2D eigenvalue weighted by Crippen LogP contribution is 2.26. The zero-order valence-electron chi connectivity index (χ0n) is 10.2. The number of hydrogen-bond acceptors (Lipinski definition) is 3. The van der Waals surface area contributed by atoms with E-state index in [9.17, 15) is 0 Å². The van der Waals surface area contributed by atoms with Crippen LogP contribution in [0.15, 0.2) is 6.20 Å². The number of halogens is 1. The summed E-state index contributed by atoms with van der Waals surface area (Å²) in [4.78, 5) is 0. The van der Waals surface area contributed by atoms with Gasteiger partial charge in [0.1, 0.15) is 0 Å². The summed E-state index contributed by atoms with van der Waals surface area (Å²) < 4.78 is 7.45. The Kier molecular flexibility index (Phi) is 4.42. The molecule has 96 valence electrons. The van der Waals surface area contributed by atoms with Crippen molar-refractivity contribution < 1.29 is 4.74 Å². The minimum Gasteiger partial charge on any atom is -0.378 e. The Balaban J connectivity index is 1.86. The Bertz CT molecular complexity index is 341. The van der Waals surface area contributed by atoms with Crippen LogP contribution in [0, 0.1) is 0 Å². The van der Waals surface area contributed by atoms with Gasteiger partial charge in [0.15, 0.2) is 0 Å². The van der Waals surface area contributed by atoms with Crippen molar-refractivity contribution >= 4 is 11.6 Å². The molecule has 1 aliphatic heterocycles. The van der Waals surface area contributed by atoms with E-state index in [1.165, 1.54) is 12.8 Å². The van der Waals surface area contributed by atoms with E-state index in [0.29, 0.717) is 11.1 Å². The summed E-state index contributed by atoms with van der Waals surface area (Å²) in [5, 5.41) is 4.76. The quantitative estimate of drug-likeness (QED) is 0.901. The molecule has 4 nitrogen and oxygen atoms in total. The van der Waals surface area contributed by atoms with E-state index in [0.717, 1.165) is 31.6 Å². The second-order valence-electron chi connectivity index (χ2n) is 4.67. The van der Waals surface area contributed by atoms with Gasteiger partial charge in [0.2, 0.25) is 0 Å². The summed E-state index contributed by atoms with van der Waals surface area (Å²) in [6.07, 6.45) is 7.54. The predicted octanol–water partition coefficient (Wildman–Crippen LogP) is 2.42. The van der Waals surface area contributed by atoms with E-state index in [4.69, 9.17) is 22.1 Å². The molecule has 2 rings (SSSR count). The van der Waals surface area contributed by atoms with Gasteiger partial charge in [0, 0.05) is 19.7 Å². The standard InChI is InChI=1S/C12H20ClN3O/c1-16-12(10(13)8-15-16)11(14)6-5-9-4-2-3-7-17-9/h8-9,11H,2-7,14H2,1H3. The van der Waals surface area contributed by atoms with E-state index in [-0.39, 0.29) is 6.04 Å². The van der Waals surface area contributed by atoms with Crippen LogP contribution in [-0.4, -0.2) is 22.5 Å². The lowest BCUT2D eigenvalue weighted by molar-refractivity contribution is 0.00902. The van der Waals surface area contributed by atoms with E-state index < -0.39 is 0 Å². The average Bonchev–Trinajstić information content (AvgIpc) is 2.67. The van der Waals surface area contributed by atoms with Crippen LogP contribution in [0.25, 0.3) is 0 Å². The van der Waals surface area contributed by atoms with Gasteiger partial charge in [-0.2, -0.15) is 5.10 Å². The monoisotopic (exact) mass is 257 g/mol. The van der Waals surface area contributed by atoms with Crippen molar-refractivity contribution in [3.63, 3.8) is 0 Å². The molecule has 2 heterocycles. The molecule has 5 heteroatoms. The fraction of sp³-hybridized carbons (Fsp3) is 0.750. The molecule has 0 spiro atoms. The maximum atomic E-state index is 6.16. The Morgan fingerprint density at radius 2 is 2.47 bits per heavy atom. The Morgan fingerprint density at radius 1 is 1.65 bits per heavy atom. The molecule has 0 aromatic carbocycles. The lowest BCUT2D eigenvalue weighted by atomic mass is 10.0. The molecule has 1 aromatic heterocycles. The topological polar surface area (TPSA) is 53.1 Å². The number of hydrogen-bond donors (Lipinski definition) is 1. The minimum absolute atomic E-state index is 0.0551. The summed E-state index contributed by atoms with van der Waals surface area (Å²) in [6.45, 7) is 0.895. The number of aryl methyl sites for hydroxylation is 1. The SMILES string of the molecule is Cn1ncc(Cl)c1C(N)CCC1CCCCO1. The number of nitrogens with zero attached hydrogens (tertiary/aromatic N) is 2. The second-order valence-corrected chi connectivity index (χ2v) is 5.08. The number of nitrogens with two attached hydrogens (primary N) is 1. The van der Waals surface area contributed by atoms with Crippen molar-refractivity contribution in [2.45, 2.75) is 44.2 Å². The molecule has 1 fully saturated rings. The van der Waals surface area contributed by atoms with Crippen molar-refractivity contribution in [1.82, 2.24) is 9.78 Å². The van der Waals surface area contributed by atoms with Crippen LogP contribution in [0.1, 0.15) is 43.8 Å². The first kappa shape index (κ1) is 12.9. The normalized spacial score (nSPS) is 22.6. The fourth-order valence-corrected chi connectivity index (χ4v) is 2.68. The van der Waals surface area contributed by atoms with Gasteiger partial charge in [-0.15, -0.1) is 0 Å². The lowest BCUT2D eigenvalue weighted by Gasteiger charge is -2.23. The van der Waals surface area contributed by atoms with E-state index in [2.05, 4.69) is 5.10 Å². The maximum absolute atomic E-state index is 6.16. The van der Waals surface area contributed by atoms with Gasteiger partial charge in [0.25, 0.3) is 0 Å². The first-order valence-corrected chi connectivity index (χ1v) is 6.61. The van der Waals surface area contributed by atoms with Crippen LogP contribution in [-0.2, 0) is 11.8 Å². The summed E-state index contributed by atoms with van der Waals surface area (Å²) in [5.74, 6) is 0. The third kappa shape index (κ3) is 3.21. The highest BCUT2D eigenvalue weighted by molar-refractivity contribution is 6.31. The molecule has 2 unspecified atom stereocenters. The zero-order valence-corrected chi connectivity index (χ0v) is 11.0. The smallest absolute Gasteiger partial charge is 0.0833 e. The Morgan fingerprint density at radius 3 is 3.06 bits per heavy atom. The Hall–Kier alpha value is -0.580. The fourth-order valence-electron chi connectivity index (χ4n) is 2.37. The van der Waals surface area contributed by atoms with Gasteiger partial charge in [-0.1, -0.05) is 11.6 Å². The van der Waals surface area contributed by atoms with Crippen molar-refractivity contribution in [2.24, 2.45) is 12.8 Å². The largest absolute Gasteiger partial charge is 0.378 e. The van der Waals surface area contributed by atoms with Gasteiger partial charge < -0.3 is 10.5 Å². The van der Waals surface area contributed by atoms with Crippen molar-refractivity contribution in [3.8, 4) is 0 Å². The van der Waals surface area contributed by atoms with Gasteiger partial charge in [-0.3, -0.25) is 4.68 Å². The van der Waals surface area contributed by atoms with Gasteiger partial charge in [-0.05, 0) is 32.1 Å². The maximum Gasteiger partial charge on any atom is 0.0833 e. The van der Waals surface area contributed by atoms with Crippen molar-refractivity contribution in [3.05, 3.63) is 16.9 Å². The molecule has 17 heavy (non-hydrogen) atoms. The summed E-state index contributed by atoms with van der Waals surface area (Å²) >= 11 is 6.07. The second kappa shape index (κ2) is 5.85. The summed E-state index contributed by atoms with van der Waals surface area (Å²) in [7, 11) is 1.87. The van der Waals surface area contributed by atoms with E-state index >= 15 is 0 Å². The molecule has 0 saturated carbocycles. The highest BCUT2D eigenvalue weighted by Gasteiger charge is 2.19. The molecule has 1 saturated heterocycles. The highest BCUT2D eigenvalue weighted by atomic mass is 35.5. The predicted molar refractivity (Wildman–Crippen MR) is 68.0 cm³/mol. The third-order valence-corrected chi connectivity index (χ3v) is 3.65. The molecule has 0 aliphatic carbocycles. The average molecular weight is 258 g/mol. The van der Waals surface area contributed by atoms with Crippen molar-refractivity contribution in [1.29, 1.82) is 0 Å². The van der Waals surface area contributed by atoms with Crippen LogP contribution >= 0.6 is 11.6 Å². The first-order valence-electron chi connectivity index (χ1n) is 6.23. The first-order chi connectivity index (χ1) is 8.18. The molecular weight excluding hydrogens is 238 g/mol. The molecule has 2 N–H and O–H groups in total. The third-order valence-electron chi connectivity index (χ3n) is 3.36. The van der Waals surface area contributed by atoms with Gasteiger partial charge in [0.05, 0.1) is 23.0 Å². The molecule has 2 atom stereocenters. The van der Waals surface area contributed by atoms with E-state index in [1.807, 2.05) is 7.05 Å². The van der Waals surface area contributed by atoms with E-state index in [1.54, 1.807) is 10.9 Å². The molecule has 0 radical (unpaired) electrons. The molecule has 1 aromatic rings. The molecule has 0 bridgehead atoms. The van der Waals surface area contributed by atoms with Crippen molar-refractivity contribution in [2.75, 3.05) is 6.61 Å². The summed E-state index contributed by atoms with van der Waals surface area (Å²) in [5.41, 5.74) is 7.08. The van der Waals surface area contributed by atoms with Crippen LogP contribution < -0.4 is 5.73 Å². The number of ether oxygens (including phenoxy) is 1. The minimum atomic E-state index is -0.0551. The van der Waals surface area contributed by atoms with Crippen LogP contribution in [0.5, 0.6) is 0 Å². The molecular formula is C12H20ClN3O. The summed E-state index contributed by atoms with van der Waals surface area (Å²) in [6, 6.07) is -0.0551.